The summed E-state index contributed by atoms with van der Waals surface area (Å²) in [6, 6.07) is 2.03. The Hall–Kier alpha value is -0.610. The van der Waals surface area contributed by atoms with Crippen LogP contribution in [0.2, 0.25) is 0 Å². The van der Waals surface area contributed by atoms with Crippen molar-refractivity contribution in [1.82, 2.24) is 4.98 Å². The first-order valence-electron chi connectivity index (χ1n) is 4.04. The summed E-state index contributed by atoms with van der Waals surface area (Å²) >= 11 is 3.38. The number of nitrogens with zero attached hydrogens (tertiary/aromatic N) is 2. The van der Waals surface area contributed by atoms with Crippen LogP contribution >= 0.6 is 15.9 Å². The van der Waals surface area contributed by atoms with Gasteiger partial charge in [0, 0.05) is 31.4 Å². The van der Waals surface area contributed by atoms with Crippen LogP contribution in [0.1, 0.15) is 0 Å². The molecule has 1 heterocycles. The number of halogens is 1. The van der Waals surface area contributed by atoms with E-state index in [0.29, 0.717) is 0 Å². The highest BCUT2D eigenvalue weighted by Crippen LogP contribution is 2.16. The molecule has 3 nitrogen and oxygen atoms in total. The molecule has 72 valence electrons. The highest BCUT2D eigenvalue weighted by molar-refractivity contribution is 9.10. The fourth-order valence-corrected chi connectivity index (χ4v) is 1.32. The third-order valence-corrected chi connectivity index (χ3v) is 2.20. The number of hydrogen-bond donors (Lipinski definition) is 0. The van der Waals surface area contributed by atoms with E-state index in [2.05, 4.69) is 25.8 Å². The lowest BCUT2D eigenvalue weighted by molar-refractivity contribution is 0.206. The Morgan fingerprint density at radius 3 is 2.92 bits per heavy atom. The number of rotatable bonds is 4. The molecule has 0 fully saturated rings. The lowest BCUT2D eigenvalue weighted by Gasteiger charge is -2.18. The molecule has 0 aromatic carbocycles. The maximum atomic E-state index is 4.99. The van der Waals surface area contributed by atoms with Gasteiger partial charge in [-0.1, -0.05) is 0 Å². The first-order chi connectivity index (χ1) is 6.24. The largest absolute Gasteiger partial charge is 0.383 e. The maximum Gasteiger partial charge on any atom is 0.0637 e. The standard InChI is InChI=1S/C9H13BrN2O/c1-12(3-4-13-2)9-5-8(10)6-11-7-9/h5-7H,3-4H2,1-2H3. The van der Waals surface area contributed by atoms with Crippen molar-refractivity contribution in [1.29, 1.82) is 0 Å². The monoisotopic (exact) mass is 244 g/mol. The van der Waals surface area contributed by atoms with E-state index in [1.165, 1.54) is 0 Å². The average Bonchev–Trinajstić information content (AvgIpc) is 2.14. The van der Waals surface area contributed by atoms with Crippen molar-refractivity contribution >= 4 is 21.6 Å². The molecule has 1 rings (SSSR count). The van der Waals surface area contributed by atoms with Crippen LogP contribution in [0.15, 0.2) is 22.9 Å². The van der Waals surface area contributed by atoms with Crippen molar-refractivity contribution in [3.8, 4) is 0 Å². The van der Waals surface area contributed by atoms with Gasteiger partial charge in [-0.15, -0.1) is 0 Å². The Bertz CT molecular complexity index is 268. The topological polar surface area (TPSA) is 25.4 Å². The van der Waals surface area contributed by atoms with E-state index >= 15 is 0 Å². The molecule has 0 saturated carbocycles. The van der Waals surface area contributed by atoms with E-state index in [1.807, 2.05) is 19.3 Å². The van der Waals surface area contributed by atoms with Gasteiger partial charge in [0.05, 0.1) is 18.5 Å². The molecule has 0 amide bonds. The zero-order valence-corrected chi connectivity index (χ0v) is 9.41. The smallest absolute Gasteiger partial charge is 0.0637 e. The van der Waals surface area contributed by atoms with Crippen LogP contribution in [0.25, 0.3) is 0 Å². The van der Waals surface area contributed by atoms with Crippen LogP contribution in [-0.2, 0) is 4.74 Å². The maximum absolute atomic E-state index is 4.99. The number of pyridine rings is 1. The number of anilines is 1. The summed E-state index contributed by atoms with van der Waals surface area (Å²) in [6.07, 6.45) is 3.61. The highest BCUT2D eigenvalue weighted by Gasteiger charge is 2.00. The van der Waals surface area contributed by atoms with Crippen molar-refractivity contribution in [2.75, 3.05) is 32.2 Å². The van der Waals surface area contributed by atoms with Crippen LogP contribution in [0.3, 0.4) is 0 Å². The molecule has 0 atom stereocenters. The third kappa shape index (κ3) is 3.32. The summed E-state index contributed by atoms with van der Waals surface area (Å²) in [5.74, 6) is 0. The molecule has 0 radical (unpaired) electrons. The molecule has 0 unspecified atom stereocenters. The normalized spacial score (nSPS) is 10.1. The molecular formula is C9H13BrN2O. The van der Waals surface area contributed by atoms with E-state index in [9.17, 15) is 0 Å². The third-order valence-electron chi connectivity index (χ3n) is 1.76. The predicted octanol–water partition coefficient (Wildman–Crippen LogP) is 1.93. The van der Waals surface area contributed by atoms with Crippen LogP contribution in [-0.4, -0.2) is 32.3 Å². The number of hydrogen-bond acceptors (Lipinski definition) is 3. The molecule has 1 aromatic rings. The Labute approximate surface area is 86.9 Å². The SMILES string of the molecule is COCCN(C)c1cncc(Br)c1. The fourth-order valence-electron chi connectivity index (χ4n) is 0.967. The number of likely N-dealkylation sites (N-methyl/N-ethyl adjacent to an activating group) is 1. The van der Waals surface area contributed by atoms with Gasteiger partial charge in [-0.2, -0.15) is 0 Å². The van der Waals surface area contributed by atoms with Gasteiger partial charge in [0.15, 0.2) is 0 Å². The van der Waals surface area contributed by atoms with Gasteiger partial charge in [-0.05, 0) is 22.0 Å². The van der Waals surface area contributed by atoms with Gasteiger partial charge >= 0.3 is 0 Å². The summed E-state index contributed by atoms with van der Waals surface area (Å²) in [4.78, 5) is 6.18. The second-order valence-corrected chi connectivity index (χ2v) is 3.69. The van der Waals surface area contributed by atoms with Crippen molar-refractivity contribution in [2.45, 2.75) is 0 Å². The molecule has 4 heteroatoms. The van der Waals surface area contributed by atoms with Crippen LogP contribution in [0.4, 0.5) is 5.69 Å². The summed E-state index contributed by atoms with van der Waals surface area (Å²) in [7, 11) is 3.72. The highest BCUT2D eigenvalue weighted by atomic mass is 79.9. The van der Waals surface area contributed by atoms with Gasteiger partial charge in [0.1, 0.15) is 0 Å². The second-order valence-electron chi connectivity index (χ2n) is 2.78. The molecule has 0 aliphatic heterocycles. The minimum absolute atomic E-state index is 0.725. The van der Waals surface area contributed by atoms with Gasteiger partial charge in [-0.3, -0.25) is 4.98 Å². The van der Waals surface area contributed by atoms with E-state index < -0.39 is 0 Å². The number of ether oxygens (including phenoxy) is 1. The Morgan fingerprint density at radius 1 is 1.54 bits per heavy atom. The number of methoxy groups -OCH3 is 1. The molecule has 0 aliphatic rings. The molecule has 0 aliphatic carbocycles. The first kappa shape index (κ1) is 10.5. The molecular weight excluding hydrogens is 232 g/mol. The molecule has 0 spiro atoms. The van der Waals surface area contributed by atoms with E-state index in [-0.39, 0.29) is 0 Å². The zero-order valence-electron chi connectivity index (χ0n) is 7.83. The summed E-state index contributed by atoms with van der Waals surface area (Å²) < 4.78 is 5.99. The van der Waals surface area contributed by atoms with Crippen LogP contribution in [0, 0.1) is 0 Å². The number of aromatic nitrogens is 1. The summed E-state index contributed by atoms with van der Waals surface area (Å²) in [5, 5.41) is 0. The second kappa shape index (κ2) is 5.19. The van der Waals surface area contributed by atoms with Crippen molar-refractivity contribution in [3.05, 3.63) is 22.9 Å². The lowest BCUT2D eigenvalue weighted by Crippen LogP contribution is -2.22. The first-order valence-corrected chi connectivity index (χ1v) is 4.84. The lowest BCUT2D eigenvalue weighted by atomic mass is 10.4. The minimum atomic E-state index is 0.725. The van der Waals surface area contributed by atoms with E-state index in [1.54, 1.807) is 13.3 Å². The molecule has 0 bridgehead atoms. The van der Waals surface area contributed by atoms with Crippen LogP contribution < -0.4 is 4.90 Å². The van der Waals surface area contributed by atoms with Gasteiger partial charge < -0.3 is 9.64 Å². The molecule has 0 N–H and O–H groups in total. The summed E-state index contributed by atoms with van der Waals surface area (Å²) in [6.45, 7) is 1.59. The van der Waals surface area contributed by atoms with E-state index in [0.717, 1.165) is 23.3 Å². The molecule has 1 aromatic heterocycles. The Kier molecular flexibility index (Phi) is 4.18. The average molecular weight is 245 g/mol. The van der Waals surface area contributed by atoms with Crippen molar-refractivity contribution in [2.24, 2.45) is 0 Å². The Balaban J connectivity index is 2.60. The zero-order chi connectivity index (χ0) is 9.68. The fraction of sp³-hybridized carbons (Fsp3) is 0.444. The van der Waals surface area contributed by atoms with Crippen molar-refractivity contribution < 1.29 is 4.74 Å². The van der Waals surface area contributed by atoms with Crippen LogP contribution in [0.5, 0.6) is 0 Å². The summed E-state index contributed by atoms with van der Waals surface area (Å²) in [5.41, 5.74) is 1.09. The predicted molar refractivity (Wildman–Crippen MR) is 57.1 cm³/mol. The van der Waals surface area contributed by atoms with E-state index in [4.69, 9.17) is 4.74 Å². The van der Waals surface area contributed by atoms with Gasteiger partial charge in [0.2, 0.25) is 0 Å². The Morgan fingerprint density at radius 2 is 2.31 bits per heavy atom. The van der Waals surface area contributed by atoms with Crippen molar-refractivity contribution in [3.63, 3.8) is 0 Å². The van der Waals surface area contributed by atoms with Gasteiger partial charge in [0.25, 0.3) is 0 Å². The van der Waals surface area contributed by atoms with Gasteiger partial charge in [-0.25, -0.2) is 0 Å². The quantitative estimate of drug-likeness (QED) is 0.810. The minimum Gasteiger partial charge on any atom is -0.383 e. The molecule has 0 saturated heterocycles. The molecule has 13 heavy (non-hydrogen) atoms.